The van der Waals surface area contributed by atoms with Crippen LogP contribution in [-0.4, -0.2) is 17.6 Å². The SMILES string of the molecule is COc1ccccc1C1(O)CCCCC1Cl. The van der Waals surface area contributed by atoms with Crippen molar-refractivity contribution < 1.29 is 9.84 Å². The van der Waals surface area contributed by atoms with Gasteiger partial charge >= 0.3 is 0 Å². The van der Waals surface area contributed by atoms with Crippen LogP contribution in [0.5, 0.6) is 5.75 Å². The molecule has 1 N–H and O–H groups in total. The molecule has 2 unspecified atom stereocenters. The fourth-order valence-corrected chi connectivity index (χ4v) is 2.80. The summed E-state index contributed by atoms with van der Waals surface area (Å²) >= 11 is 6.28. The van der Waals surface area contributed by atoms with Gasteiger partial charge in [0.15, 0.2) is 0 Å². The second kappa shape index (κ2) is 4.64. The molecule has 2 nitrogen and oxygen atoms in total. The minimum Gasteiger partial charge on any atom is -0.496 e. The van der Waals surface area contributed by atoms with Gasteiger partial charge < -0.3 is 9.84 Å². The van der Waals surface area contributed by atoms with Crippen LogP contribution >= 0.6 is 11.6 Å². The molecule has 1 saturated carbocycles. The van der Waals surface area contributed by atoms with Gasteiger partial charge in [0.05, 0.1) is 12.5 Å². The summed E-state index contributed by atoms with van der Waals surface area (Å²) in [5.74, 6) is 0.720. The first-order valence-corrected chi connectivity index (χ1v) is 6.12. The van der Waals surface area contributed by atoms with Gasteiger partial charge in [-0.25, -0.2) is 0 Å². The molecule has 1 aliphatic carbocycles. The van der Waals surface area contributed by atoms with E-state index in [9.17, 15) is 5.11 Å². The topological polar surface area (TPSA) is 29.5 Å². The molecule has 1 fully saturated rings. The average molecular weight is 241 g/mol. The number of rotatable bonds is 2. The standard InChI is InChI=1S/C13H17ClO2/c1-16-11-7-3-2-6-10(11)13(15)9-5-4-8-12(13)14/h2-3,6-7,12,15H,4-5,8-9H2,1H3. The first-order valence-electron chi connectivity index (χ1n) is 5.68. The summed E-state index contributed by atoms with van der Waals surface area (Å²) in [6, 6.07) is 7.58. The summed E-state index contributed by atoms with van der Waals surface area (Å²) in [7, 11) is 1.62. The average Bonchev–Trinajstić information content (AvgIpc) is 2.33. The van der Waals surface area contributed by atoms with Gasteiger partial charge in [-0.3, -0.25) is 0 Å². The number of alkyl halides is 1. The van der Waals surface area contributed by atoms with Crippen molar-refractivity contribution in [3.05, 3.63) is 29.8 Å². The van der Waals surface area contributed by atoms with Crippen molar-refractivity contribution >= 4 is 11.6 Å². The van der Waals surface area contributed by atoms with E-state index >= 15 is 0 Å². The van der Waals surface area contributed by atoms with Crippen LogP contribution in [0.4, 0.5) is 0 Å². The van der Waals surface area contributed by atoms with Crippen molar-refractivity contribution in [2.24, 2.45) is 0 Å². The zero-order valence-corrected chi connectivity index (χ0v) is 10.2. The van der Waals surface area contributed by atoms with E-state index in [0.717, 1.165) is 30.6 Å². The summed E-state index contributed by atoms with van der Waals surface area (Å²) < 4.78 is 5.29. The molecule has 1 aliphatic rings. The van der Waals surface area contributed by atoms with Gasteiger partial charge in [-0.05, 0) is 18.9 Å². The summed E-state index contributed by atoms with van der Waals surface area (Å²) in [4.78, 5) is 0. The van der Waals surface area contributed by atoms with Crippen LogP contribution in [0, 0.1) is 0 Å². The van der Waals surface area contributed by atoms with Crippen molar-refractivity contribution in [2.45, 2.75) is 36.7 Å². The van der Waals surface area contributed by atoms with E-state index < -0.39 is 5.60 Å². The Hall–Kier alpha value is -0.730. The normalized spacial score (nSPS) is 30.1. The van der Waals surface area contributed by atoms with Gasteiger partial charge in [0.25, 0.3) is 0 Å². The molecule has 1 aromatic carbocycles. The molecule has 0 bridgehead atoms. The molecule has 2 atom stereocenters. The molecular formula is C13H17ClO2. The van der Waals surface area contributed by atoms with E-state index in [0.29, 0.717) is 6.42 Å². The monoisotopic (exact) mass is 240 g/mol. The third kappa shape index (κ3) is 1.92. The highest BCUT2D eigenvalue weighted by molar-refractivity contribution is 6.21. The van der Waals surface area contributed by atoms with Gasteiger partial charge in [0.1, 0.15) is 11.4 Å². The molecule has 0 amide bonds. The van der Waals surface area contributed by atoms with E-state index in [2.05, 4.69) is 0 Å². The second-order valence-corrected chi connectivity index (χ2v) is 4.86. The van der Waals surface area contributed by atoms with Gasteiger partial charge in [-0.15, -0.1) is 11.6 Å². The van der Waals surface area contributed by atoms with Crippen LogP contribution in [-0.2, 0) is 5.60 Å². The van der Waals surface area contributed by atoms with Crippen molar-refractivity contribution in [3.63, 3.8) is 0 Å². The quantitative estimate of drug-likeness (QED) is 0.806. The molecular weight excluding hydrogens is 224 g/mol. The fourth-order valence-electron chi connectivity index (χ4n) is 2.42. The number of ether oxygens (including phenoxy) is 1. The highest BCUT2D eigenvalue weighted by atomic mass is 35.5. The second-order valence-electron chi connectivity index (χ2n) is 4.34. The number of para-hydroxylation sites is 1. The lowest BCUT2D eigenvalue weighted by Gasteiger charge is -2.37. The Bertz CT molecular complexity index is 367. The Kier molecular flexibility index (Phi) is 3.41. The van der Waals surface area contributed by atoms with E-state index in [1.165, 1.54) is 0 Å². The van der Waals surface area contributed by atoms with Crippen LogP contribution in [0.15, 0.2) is 24.3 Å². The maximum atomic E-state index is 10.7. The largest absolute Gasteiger partial charge is 0.496 e. The Balaban J connectivity index is 2.40. The van der Waals surface area contributed by atoms with Crippen LogP contribution in [0.1, 0.15) is 31.2 Å². The van der Waals surface area contributed by atoms with Crippen molar-refractivity contribution in [1.29, 1.82) is 0 Å². The van der Waals surface area contributed by atoms with E-state index in [1.807, 2.05) is 24.3 Å². The number of methoxy groups -OCH3 is 1. The molecule has 0 aliphatic heterocycles. The third-order valence-electron chi connectivity index (χ3n) is 3.36. The minimum absolute atomic E-state index is 0.224. The number of hydrogen-bond donors (Lipinski definition) is 1. The molecule has 0 radical (unpaired) electrons. The Morgan fingerprint density at radius 2 is 2.12 bits per heavy atom. The van der Waals surface area contributed by atoms with Crippen LogP contribution in [0.3, 0.4) is 0 Å². The maximum absolute atomic E-state index is 10.7. The molecule has 2 rings (SSSR count). The highest BCUT2D eigenvalue weighted by Gasteiger charge is 2.41. The predicted octanol–water partition coefficient (Wildman–Crippen LogP) is 3.06. The van der Waals surface area contributed by atoms with E-state index in [1.54, 1.807) is 7.11 Å². The molecule has 0 spiro atoms. The van der Waals surface area contributed by atoms with Gasteiger partial charge in [0.2, 0.25) is 0 Å². The zero-order chi connectivity index (χ0) is 11.6. The van der Waals surface area contributed by atoms with Crippen LogP contribution in [0.2, 0.25) is 0 Å². The fraction of sp³-hybridized carbons (Fsp3) is 0.538. The molecule has 0 saturated heterocycles. The minimum atomic E-state index is -0.938. The van der Waals surface area contributed by atoms with E-state index in [4.69, 9.17) is 16.3 Å². The van der Waals surface area contributed by atoms with Crippen LogP contribution < -0.4 is 4.74 Å². The Morgan fingerprint density at radius 3 is 2.81 bits per heavy atom. The molecule has 88 valence electrons. The number of hydrogen-bond acceptors (Lipinski definition) is 2. The molecule has 1 aromatic rings. The molecule has 0 aromatic heterocycles. The lowest BCUT2D eigenvalue weighted by atomic mass is 9.79. The Morgan fingerprint density at radius 1 is 1.38 bits per heavy atom. The molecule has 3 heteroatoms. The number of halogens is 1. The lowest BCUT2D eigenvalue weighted by molar-refractivity contribution is 0.00183. The van der Waals surface area contributed by atoms with Gasteiger partial charge in [0, 0.05) is 5.56 Å². The van der Waals surface area contributed by atoms with Gasteiger partial charge in [-0.2, -0.15) is 0 Å². The third-order valence-corrected chi connectivity index (χ3v) is 3.94. The maximum Gasteiger partial charge on any atom is 0.125 e. The van der Waals surface area contributed by atoms with Gasteiger partial charge in [-0.1, -0.05) is 31.0 Å². The van der Waals surface area contributed by atoms with Crippen molar-refractivity contribution in [1.82, 2.24) is 0 Å². The number of benzene rings is 1. The van der Waals surface area contributed by atoms with Crippen molar-refractivity contribution in [3.8, 4) is 5.75 Å². The summed E-state index contributed by atoms with van der Waals surface area (Å²) in [5.41, 5.74) is -0.121. The summed E-state index contributed by atoms with van der Waals surface area (Å²) in [5, 5.41) is 10.5. The smallest absolute Gasteiger partial charge is 0.125 e. The van der Waals surface area contributed by atoms with Crippen LogP contribution in [0.25, 0.3) is 0 Å². The number of aliphatic hydroxyl groups is 1. The Labute approximate surface area is 101 Å². The summed E-state index contributed by atoms with van der Waals surface area (Å²) in [6.07, 6.45) is 3.67. The first-order chi connectivity index (χ1) is 7.68. The zero-order valence-electron chi connectivity index (χ0n) is 9.45. The lowest BCUT2D eigenvalue weighted by Crippen LogP contribution is -2.39. The van der Waals surface area contributed by atoms with E-state index in [-0.39, 0.29) is 5.38 Å². The van der Waals surface area contributed by atoms with Crippen molar-refractivity contribution in [2.75, 3.05) is 7.11 Å². The summed E-state index contributed by atoms with van der Waals surface area (Å²) in [6.45, 7) is 0. The first kappa shape index (κ1) is 11.7. The highest BCUT2D eigenvalue weighted by Crippen LogP contribution is 2.43. The predicted molar refractivity (Wildman–Crippen MR) is 65.0 cm³/mol. The molecule has 0 heterocycles. The molecule has 16 heavy (non-hydrogen) atoms.